The summed E-state index contributed by atoms with van der Waals surface area (Å²) >= 11 is 0. The van der Waals surface area contributed by atoms with Gasteiger partial charge in [0.1, 0.15) is 5.75 Å². The molecule has 156 valence electrons. The Bertz CT molecular complexity index is 982. The standard InChI is InChI=1S/C25H29N3O2/c1-2-30-23-8-7-21-5-3-4-6-22(21)24(23)25(29)27-17-19-11-15-28(16-12-19)18-20-9-13-26-14-10-20/h3-10,13-14,19H,2,11-12,15-18H2,1H3,(H,27,29). The number of rotatable bonds is 7. The summed E-state index contributed by atoms with van der Waals surface area (Å²) in [5, 5.41) is 5.17. The minimum atomic E-state index is -0.0468. The topological polar surface area (TPSA) is 54.5 Å². The van der Waals surface area contributed by atoms with Gasteiger partial charge in [-0.1, -0.05) is 30.3 Å². The first-order valence-electron chi connectivity index (χ1n) is 10.8. The molecule has 0 spiro atoms. The molecule has 1 aliphatic rings. The second kappa shape index (κ2) is 9.72. The molecule has 4 rings (SSSR count). The molecule has 30 heavy (non-hydrogen) atoms. The second-order valence-electron chi connectivity index (χ2n) is 7.88. The van der Waals surface area contributed by atoms with Gasteiger partial charge in [-0.15, -0.1) is 0 Å². The van der Waals surface area contributed by atoms with Crippen LogP contribution in [0.4, 0.5) is 0 Å². The third-order valence-electron chi connectivity index (χ3n) is 5.83. The van der Waals surface area contributed by atoms with Crippen molar-refractivity contribution in [3.8, 4) is 5.75 Å². The van der Waals surface area contributed by atoms with Gasteiger partial charge >= 0.3 is 0 Å². The fourth-order valence-electron chi connectivity index (χ4n) is 4.18. The molecule has 1 saturated heterocycles. The number of pyridine rings is 1. The van der Waals surface area contributed by atoms with Crippen LogP contribution in [0.25, 0.3) is 10.8 Å². The zero-order valence-electron chi connectivity index (χ0n) is 17.5. The van der Waals surface area contributed by atoms with Crippen LogP contribution in [0.5, 0.6) is 5.75 Å². The van der Waals surface area contributed by atoms with Crippen molar-refractivity contribution >= 4 is 16.7 Å². The molecule has 3 aromatic rings. The number of carbonyl (C=O) groups is 1. The molecule has 1 amide bonds. The maximum Gasteiger partial charge on any atom is 0.255 e. The Hall–Kier alpha value is -2.92. The summed E-state index contributed by atoms with van der Waals surface area (Å²) in [7, 11) is 0. The summed E-state index contributed by atoms with van der Waals surface area (Å²) in [6.45, 7) is 6.26. The zero-order chi connectivity index (χ0) is 20.8. The Morgan fingerprint density at radius 2 is 1.87 bits per heavy atom. The first kappa shape index (κ1) is 20.4. The highest BCUT2D eigenvalue weighted by molar-refractivity contribution is 6.09. The van der Waals surface area contributed by atoms with Gasteiger partial charge in [0.15, 0.2) is 0 Å². The molecule has 2 heterocycles. The molecule has 1 aliphatic heterocycles. The fourth-order valence-corrected chi connectivity index (χ4v) is 4.18. The number of hydrogen-bond donors (Lipinski definition) is 1. The van der Waals surface area contributed by atoms with Crippen molar-refractivity contribution in [2.45, 2.75) is 26.3 Å². The van der Waals surface area contributed by atoms with Crippen molar-refractivity contribution in [1.29, 1.82) is 0 Å². The summed E-state index contributed by atoms with van der Waals surface area (Å²) in [6.07, 6.45) is 5.89. The lowest BCUT2D eigenvalue weighted by molar-refractivity contribution is 0.0933. The number of aromatic nitrogens is 1. The van der Waals surface area contributed by atoms with E-state index in [2.05, 4.69) is 27.3 Å². The van der Waals surface area contributed by atoms with Crippen LogP contribution < -0.4 is 10.1 Å². The quantitative estimate of drug-likeness (QED) is 0.640. The normalized spacial score (nSPS) is 15.2. The molecule has 0 bridgehead atoms. The van der Waals surface area contributed by atoms with Crippen molar-refractivity contribution in [3.63, 3.8) is 0 Å². The van der Waals surface area contributed by atoms with E-state index in [9.17, 15) is 4.79 Å². The molecule has 0 atom stereocenters. The monoisotopic (exact) mass is 403 g/mol. The molecular weight excluding hydrogens is 374 g/mol. The molecule has 1 fully saturated rings. The number of carbonyl (C=O) groups excluding carboxylic acids is 1. The first-order chi connectivity index (χ1) is 14.7. The number of nitrogens with one attached hydrogen (secondary N) is 1. The Labute approximate surface area is 178 Å². The highest BCUT2D eigenvalue weighted by Crippen LogP contribution is 2.28. The lowest BCUT2D eigenvalue weighted by Gasteiger charge is -2.32. The van der Waals surface area contributed by atoms with E-state index in [4.69, 9.17) is 4.74 Å². The van der Waals surface area contributed by atoms with Gasteiger partial charge in [-0.05, 0) is 73.3 Å². The van der Waals surface area contributed by atoms with Crippen LogP contribution in [0.2, 0.25) is 0 Å². The van der Waals surface area contributed by atoms with E-state index >= 15 is 0 Å². The van der Waals surface area contributed by atoms with E-state index < -0.39 is 0 Å². The number of amides is 1. The SMILES string of the molecule is CCOc1ccc2ccccc2c1C(=O)NCC1CCN(Cc2ccncc2)CC1. The predicted octanol–water partition coefficient (Wildman–Crippen LogP) is 4.28. The van der Waals surface area contributed by atoms with Gasteiger partial charge in [-0.3, -0.25) is 14.7 Å². The molecule has 1 N–H and O–H groups in total. The smallest absolute Gasteiger partial charge is 0.255 e. The van der Waals surface area contributed by atoms with Crippen LogP contribution in [0, 0.1) is 5.92 Å². The molecule has 0 saturated carbocycles. The van der Waals surface area contributed by atoms with Crippen molar-refractivity contribution in [2.75, 3.05) is 26.2 Å². The van der Waals surface area contributed by atoms with Crippen LogP contribution in [0.3, 0.4) is 0 Å². The van der Waals surface area contributed by atoms with E-state index in [1.54, 1.807) is 0 Å². The Morgan fingerprint density at radius 1 is 1.10 bits per heavy atom. The third-order valence-corrected chi connectivity index (χ3v) is 5.83. The number of nitrogens with zero attached hydrogens (tertiary/aromatic N) is 2. The number of piperidine rings is 1. The highest BCUT2D eigenvalue weighted by Gasteiger charge is 2.22. The predicted molar refractivity (Wildman–Crippen MR) is 120 cm³/mol. The van der Waals surface area contributed by atoms with E-state index in [0.29, 0.717) is 30.4 Å². The van der Waals surface area contributed by atoms with Crippen molar-refractivity contribution in [1.82, 2.24) is 15.2 Å². The van der Waals surface area contributed by atoms with Crippen LogP contribution in [0.1, 0.15) is 35.7 Å². The lowest BCUT2D eigenvalue weighted by atomic mass is 9.96. The summed E-state index contributed by atoms with van der Waals surface area (Å²) in [5.74, 6) is 1.11. The molecule has 0 radical (unpaired) electrons. The second-order valence-corrected chi connectivity index (χ2v) is 7.88. The minimum Gasteiger partial charge on any atom is -0.493 e. The van der Waals surface area contributed by atoms with Crippen LogP contribution in [-0.2, 0) is 6.54 Å². The summed E-state index contributed by atoms with van der Waals surface area (Å²) in [5.41, 5.74) is 1.95. The third kappa shape index (κ3) is 4.79. The van der Waals surface area contributed by atoms with Crippen LogP contribution in [-0.4, -0.2) is 42.0 Å². The van der Waals surface area contributed by atoms with Gasteiger partial charge < -0.3 is 10.1 Å². The molecule has 0 unspecified atom stereocenters. The van der Waals surface area contributed by atoms with Gasteiger partial charge in [0.05, 0.1) is 12.2 Å². The molecule has 0 aliphatic carbocycles. The Balaban J connectivity index is 1.36. The number of ether oxygens (including phenoxy) is 1. The van der Waals surface area contributed by atoms with Gasteiger partial charge in [0.2, 0.25) is 0 Å². The maximum atomic E-state index is 13.1. The van der Waals surface area contributed by atoms with Crippen molar-refractivity contribution in [2.24, 2.45) is 5.92 Å². The highest BCUT2D eigenvalue weighted by atomic mass is 16.5. The lowest BCUT2D eigenvalue weighted by Crippen LogP contribution is -2.38. The average Bonchev–Trinajstić information content (AvgIpc) is 2.79. The van der Waals surface area contributed by atoms with Gasteiger partial charge in [-0.2, -0.15) is 0 Å². The summed E-state index contributed by atoms with van der Waals surface area (Å²) in [6, 6.07) is 16.0. The Kier molecular flexibility index (Phi) is 6.60. The van der Waals surface area contributed by atoms with Crippen LogP contribution in [0.15, 0.2) is 60.9 Å². The number of likely N-dealkylation sites (tertiary alicyclic amines) is 1. The number of fused-ring (bicyclic) bond motifs is 1. The largest absolute Gasteiger partial charge is 0.493 e. The summed E-state index contributed by atoms with van der Waals surface area (Å²) < 4.78 is 5.76. The van der Waals surface area contributed by atoms with Crippen molar-refractivity contribution < 1.29 is 9.53 Å². The van der Waals surface area contributed by atoms with Gasteiger partial charge in [-0.25, -0.2) is 0 Å². The molecule has 5 heteroatoms. The van der Waals surface area contributed by atoms with Crippen molar-refractivity contribution in [3.05, 3.63) is 72.1 Å². The Morgan fingerprint density at radius 3 is 2.63 bits per heavy atom. The molecule has 5 nitrogen and oxygen atoms in total. The van der Waals surface area contributed by atoms with E-state index in [-0.39, 0.29) is 5.91 Å². The summed E-state index contributed by atoms with van der Waals surface area (Å²) in [4.78, 5) is 19.7. The maximum absolute atomic E-state index is 13.1. The fraction of sp³-hybridized carbons (Fsp3) is 0.360. The molecular formula is C25H29N3O2. The van der Waals surface area contributed by atoms with E-state index in [0.717, 1.165) is 43.2 Å². The van der Waals surface area contributed by atoms with Gasteiger partial charge in [0, 0.05) is 25.5 Å². The average molecular weight is 404 g/mol. The number of benzene rings is 2. The first-order valence-corrected chi connectivity index (χ1v) is 10.8. The van der Waals surface area contributed by atoms with E-state index in [1.165, 1.54) is 5.56 Å². The van der Waals surface area contributed by atoms with Gasteiger partial charge in [0.25, 0.3) is 5.91 Å². The van der Waals surface area contributed by atoms with Crippen LogP contribution >= 0.6 is 0 Å². The molecule has 2 aromatic carbocycles. The minimum absolute atomic E-state index is 0.0468. The number of hydrogen-bond acceptors (Lipinski definition) is 4. The zero-order valence-corrected chi connectivity index (χ0v) is 17.5. The molecule has 1 aromatic heterocycles. The van der Waals surface area contributed by atoms with E-state index in [1.807, 2.05) is 55.7 Å².